The van der Waals surface area contributed by atoms with Crippen LogP contribution < -0.4 is 15.4 Å². The van der Waals surface area contributed by atoms with Gasteiger partial charge in [0, 0.05) is 18.2 Å². The van der Waals surface area contributed by atoms with Crippen molar-refractivity contribution in [2.75, 3.05) is 6.61 Å². The van der Waals surface area contributed by atoms with E-state index in [0.717, 1.165) is 37.8 Å². The van der Waals surface area contributed by atoms with E-state index in [1.807, 2.05) is 0 Å². The molecule has 0 radical (unpaired) electrons. The van der Waals surface area contributed by atoms with E-state index < -0.39 is 23.5 Å². The van der Waals surface area contributed by atoms with Gasteiger partial charge in [-0.25, -0.2) is 4.79 Å². The van der Waals surface area contributed by atoms with E-state index >= 15 is 0 Å². The first-order valence-electron chi connectivity index (χ1n) is 7.46. The van der Waals surface area contributed by atoms with Crippen molar-refractivity contribution in [2.45, 2.75) is 31.7 Å². The van der Waals surface area contributed by atoms with Crippen molar-refractivity contribution >= 4 is 23.9 Å². The van der Waals surface area contributed by atoms with Crippen molar-refractivity contribution in [3.8, 4) is 5.75 Å². The molecule has 9 heteroatoms. The molecule has 9 nitrogen and oxygen atoms in total. The fourth-order valence-electron chi connectivity index (χ4n) is 2.47. The van der Waals surface area contributed by atoms with Crippen molar-refractivity contribution in [3.05, 3.63) is 33.9 Å². The summed E-state index contributed by atoms with van der Waals surface area (Å²) in [4.78, 5) is 44.3. The average molecular weight is 335 g/mol. The zero-order valence-electron chi connectivity index (χ0n) is 12.8. The lowest BCUT2D eigenvalue weighted by Gasteiger charge is -2.12. The second kappa shape index (κ2) is 8.04. The van der Waals surface area contributed by atoms with Crippen LogP contribution in [0, 0.1) is 10.1 Å². The van der Waals surface area contributed by atoms with Gasteiger partial charge in [-0.2, -0.15) is 0 Å². The fourth-order valence-corrected chi connectivity index (χ4v) is 2.47. The smallest absolute Gasteiger partial charge is 0.321 e. The van der Waals surface area contributed by atoms with Gasteiger partial charge in [-0.1, -0.05) is 12.8 Å². The van der Waals surface area contributed by atoms with E-state index in [2.05, 4.69) is 10.6 Å². The van der Waals surface area contributed by atoms with Gasteiger partial charge in [0.05, 0.1) is 10.5 Å². The van der Waals surface area contributed by atoms with Gasteiger partial charge >= 0.3 is 6.03 Å². The lowest BCUT2D eigenvalue weighted by Crippen LogP contribution is -2.45. The Labute approximate surface area is 137 Å². The third-order valence-electron chi connectivity index (χ3n) is 3.63. The van der Waals surface area contributed by atoms with Crippen LogP contribution in [0.25, 0.3) is 0 Å². The van der Waals surface area contributed by atoms with Crippen LogP contribution in [0.2, 0.25) is 0 Å². The van der Waals surface area contributed by atoms with Crippen LogP contribution in [-0.2, 0) is 4.79 Å². The molecule has 2 N–H and O–H groups in total. The fraction of sp³-hybridized carbons (Fsp3) is 0.400. The molecule has 1 aromatic carbocycles. The molecule has 0 aromatic heterocycles. The summed E-state index contributed by atoms with van der Waals surface area (Å²) in [5, 5.41) is 15.5. The molecule has 1 fully saturated rings. The highest BCUT2D eigenvalue weighted by atomic mass is 16.6. The molecule has 0 spiro atoms. The van der Waals surface area contributed by atoms with E-state index in [0.29, 0.717) is 6.29 Å². The number of hydrogen-bond acceptors (Lipinski definition) is 6. The number of nitro groups is 1. The van der Waals surface area contributed by atoms with Crippen molar-refractivity contribution < 1.29 is 24.0 Å². The highest BCUT2D eigenvalue weighted by Crippen LogP contribution is 2.22. The second-order valence-electron chi connectivity index (χ2n) is 5.39. The molecule has 2 rings (SSSR count). The zero-order chi connectivity index (χ0) is 17.5. The Morgan fingerprint density at radius 1 is 1.33 bits per heavy atom. The largest absolute Gasteiger partial charge is 0.483 e. The summed E-state index contributed by atoms with van der Waals surface area (Å²) in [7, 11) is 0. The summed E-state index contributed by atoms with van der Waals surface area (Å²) in [5.41, 5.74) is -0.308. The molecule has 0 atom stereocenters. The zero-order valence-corrected chi connectivity index (χ0v) is 12.8. The number of aldehydes is 1. The number of nitrogens with one attached hydrogen (secondary N) is 2. The van der Waals surface area contributed by atoms with E-state index in [4.69, 9.17) is 4.74 Å². The highest BCUT2D eigenvalue weighted by molar-refractivity contribution is 5.95. The van der Waals surface area contributed by atoms with Gasteiger partial charge in [-0.15, -0.1) is 0 Å². The van der Waals surface area contributed by atoms with E-state index in [1.54, 1.807) is 0 Å². The number of nitro benzene ring substituents is 1. The molecular weight excluding hydrogens is 318 g/mol. The maximum absolute atomic E-state index is 11.7. The molecule has 0 aliphatic heterocycles. The third kappa shape index (κ3) is 4.77. The molecule has 1 aliphatic carbocycles. The number of hydrogen-bond donors (Lipinski definition) is 2. The Bertz CT molecular complexity index is 655. The molecule has 1 aromatic rings. The minimum Gasteiger partial charge on any atom is -0.483 e. The molecule has 3 amide bonds. The van der Waals surface area contributed by atoms with Gasteiger partial charge < -0.3 is 10.1 Å². The normalized spacial score (nSPS) is 14.0. The Morgan fingerprint density at radius 2 is 2.04 bits per heavy atom. The molecule has 0 saturated heterocycles. The van der Waals surface area contributed by atoms with Crippen molar-refractivity contribution in [3.63, 3.8) is 0 Å². The summed E-state index contributed by atoms with van der Waals surface area (Å²) in [6.45, 7) is -0.489. The number of carbonyl (C=O) groups excluding carboxylic acids is 3. The van der Waals surface area contributed by atoms with Crippen molar-refractivity contribution in [1.29, 1.82) is 0 Å². The van der Waals surface area contributed by atoms with Gasteiger partial charge in [0.2, 0.25) is 0 Å². The predicted molar refractivity (Wildman–Crippen MR) is 82.9 cm³/mol. The molecule has 0 heterocycles. The average Bonchev–Trinajstić information content (AvgIpc) is 3.05. The molecule has 24 heavy (non-hydrogen) atoms. The molecule has 0 bridgehead atoms. The van der Waals surface area contributed by atoms with E-state index in [1.165, 1.54) is 6.07 Å². The molecule has 1 saturated carbocycles. The number of urea groups is 1. The lowest BCUT2D eigenvalue weighted by molar-refractivity contribution is -0.384. The lowest BCUT2D eigenvalue weighted by atomic mass is 10.2. The quantitative estimate of drug-likeness (QED) is 0.461. The number of rotatable bonds is 6. The first kappa shape index (κ1) is 17.4. The maximum Gasteiger partial charge on any atom is 0.321 e. The summed E-state index contributed by atoms with van der Waals surface area (Å²) >= 11 is 0. The van der Waals surface area contributed by atoms with E-state index in [-0.39, 0.29) is 23.0 Å². The van der Waals surface area contributed by atoms with Gasteiger partial charge in [0.25, 0.3) is 11.6 Å². The maximum atomic E-state index is 11.7. The Kier molecular flexibility index (Phi) is 5.83. The molecular formula is C15H17N3O6. The first-order valence-corrected chi connectivity index (χ1v) is 7.46. The summed E-state index contributed by atoms with van der Waals surface area (Å²) in [6.07, 6.45) is 4.29. The van der Waals surface area contributed by atoms with Crippen LogP contribution in [-0.4, -0.2) is 35.8 Å². The van der Waals surface area contributed by atoms with Gasteiger partial charge in [0.15, 0.2) is 12.9 Å². The highest BCUT2D eigenvalue weighted by Gasteiger charge is 2.18. The summed E-state index contributed by atoms with van der Waals surface area (Å²) in [6, 6.07) is 2.93. The minimum atomic E-state index is -0.680. The summed E-state index contributed by atoms with van der Waals surface area (Å²) in [5.74, 6) is -0.650. The Balaban J connectivity index is 1.85. The monoisotopic (exact) mass is 335 g/mol. The van der Waals surface area contributed by atoms with Gasteiger partial charge in [-0.05, 0) is 18.9 Å². The number of imide groups is 1. The Morgan fingerprint density at radius 3 is 2.67 bits per heavy atom. The first-order chi connectivity index (χ1) is 11.5. The summed E-state index contributed by atoms with van der Waals surface area (Å²) < 4.78 is 5.15. The predicted octanol–water partition coefficient (Wildman–Crippen LogP) is 1.55. The van der Waals surface area contributed by atoms with Crippen LogP contribution >= 0.6 is 0 Å². The number of ether oxygens (including phenoxy) is 1. The van der Waals surface area contributed by atoms with Crippen LogP contribution in [0.15, 0.2) is 18.2 Å². The number of carbonyl (C=O) groups is 3. The van der Waals surface area contributed by atoms with Crippen molar-refractivity contribution in [2.24, 2.45) is 0 Å². The van der Waals surface area contributed by atoms with Crippen LogP contribution in [0.3, 0.4) is 0 Å². The second-order valence-corrected chi connectivity index (χ2v) is 5.39. The number of nitrogens with zero attached hydrogens (tertiary/aromatic N) is 1. The topological polar surface area (TPSA) is 128 Å². The number of non-ortho nitro benzene ring substituents is 1. The number of amides is 3. The van der Waals surface area contributed by atoms with Crippen LogP contribution in [0.1, 0.15) is 36.0 Å². The minimum absolute atomic E-state index is 0.0296. The van der Waals surface area contributed by atoms with Gasteiger partial charge in [-0.3, -0.25) is 25.0 Å². The van der Waals surface area contributed by atoms with Gasteiger partial charge in [0.1, 0.15) is 5.75 Å². The van der Waals surface area contributed by atoms with Crippen molar-refractivity contribution in [1.82, 2.24) is 10.6 Å². The van der Waals surface area contributed by atoms with E-state index in [9.17, 15) is 24.5 Å². The SMILES string of the molecule is O=Cc1cc([N+](=O)[O-])ccc1OCC(=O)NC(=O)NC1CCCC1. The third-order valence-corrected chi connectivity index (χ3v) is 3.63. The Hall–Kier alpha value is -2.97. The standard InChI is InChI=1S/C15H17N3O6/c19-8-10-7-12(18(22)23)5-6-13(10)24-9-14(20)17-15(21)16-11-3-1-2-4-11/h5-8,11H,1-4,9H2,(H2,16,17,20,21). The molecule has 1 aliphatic rings. The van der Waals surface area contributed by atoms with Crippen LogP contribution in [0.5, 0.6) is 5.75 Å². The number of benzene rings is 1. The molecule has 0 unspecified atom stereocenters. The molecule has 128 valence electrons. The van der Waals surface area contributed by atoms with Crippen LogP contribution in [0.4, 0.5) is 10.5 Å².